The van der Waals surface area contributed by atoms with Crippen LogP contribution in [0.25, 0.3) is 0 Å². The quantitative estimate of drug-likeness (QED) is 0.496. The summed E-state index contributed by atoms with van der Waals surface area (Å²) >= 11 is 0. The lowest BCUT2D eigenvalue weighted by atomic mass is 9.68. The number of sulfonamides is 1. The molecule has 37 heavy (non-hydrogen) atoms. The van der Waals surface area contributed by atoms with E-state index in [9.17, 15) is 13.5 Å². The number of hydrogen-bond acceptors (Lipinski definition) is 5. The summed E-state index contributed by atoms with van der Waals surface area (Å²) in [6.07, 6.45) is 18.7. The first-order valence-corrected chi connectivity index (χ1v) is 14.5. The molecule has 0 radical (unpaired) electrons. The Morgan fingerprint density at radius 2 is 1.78 bits per heavy atom. The second-order valence-corrected chi connectivity index (χ2v) is 12.3. The van der Waals surface area contributed by atoms with Crippen LogP contribution in [-0.4, -0.2) is 50.5 Å². The molecule has 4 rings (SSSR count). The van der Waals surface area contributed by atoms with Crippen LogP contribution in [0.4, 0.5) is 4.39 Å². The van der Waals surface area contributed by atoms with Crippen molar-refractivity contribution in [3.63, 3.8) is 0 Å². The van der Waals surface area contributed by atoms with E-state index in [-0.39, 0.29) is 25.2 Å². The third-order valence-electron chi connectivity index (χ3n) is 7.99. The summed E-state index contributed by atoms with van der Waals surface area (Å²) in [5.74, 6) is -0.430. The Bertz CT molecular complexity index is 1230. The van der Waals surface area contributed by atoms with E-state index in [2.05, 4.69) is 10.2 Å². The largest absolute Gasteiger partial charge is 0.395 e. The highest BCUT2D eigenvalue weighted by atomic mass is 32.2. The average molecular weight is 529 g/mol. The summed E-state index contributed by atoms with van der Waals surface area (Å²) < 4.78 is 45.6. The molecule has 2 atom stereocenters. The molecule has 1 aromatic carbocycles. The van der Waals surface area contributed by atoms with E-state index < -0.39 is 26.5 Å². The summed E-state index contributed by atoms with van der Waals surface area (Å²) in [6.45, 7) is 3.73. The van der Waals surface area contributed by atoms with Crippen molar-refractivity contribution in [2.24, 2.45) is 0 Å². The van der Waals surface area contributed by atoms with Crippen LogP contribution in [0, 0.1) is 5.82 Å². The molecule has 0 bridgehead atoms. The van der Waals surface area contributed by atoms with Gasteiger partial charge in [0.05, 0.1) is 11.9 Å². The third kappa shape index (κ3) is 5.94. The highest BCUT2D eigenvalue weighted by molar-refractivity contribution is 7.89. The fourth-order valence-electron chi connectivity index (χ4n) is 5.55. The fourth-order valence-corrected chi connectivity index (χ4v) is 7.55. The van der Waals surface area contributed by atoms with Gasteiger partial charge in [-0.2, -0.15) is 4.31 Å². The zero-order valence-electron chi connectivity index (χ0n) is 21.6. The van der Waals surface area contributed by atoms with Gasteiger partial charge in [-0.3, -0.25) is 0 Å². The van der Waals surface area contributed by atoms with Crippen LogP contribution < -0.4 is 0 Å². The molecule has 0 amide bonds. The minimum atomic E-state index is -3.62. The molecule has 1 aromatic heterocycles. The monoisotopic (exact) mass is 528 g/mol. The summed E-state index contributed by atoms with van der Waals surface area (Å²) in [5, 5.41) is 17.5. The number of halogens is 1. The van der Waals surface area contributed by atoms with Crippen LogP contribution in [0.2, 0.25) is 0 Å². The number of aromatic nitrogens is 3. The number of allylic oxidation sites excluding steroid dienone is 5. The Hall–Kier alpha value is -2.62. The average Bonchev–Trinajstić information content (AvgIpc) is 3.43. The number of benzene rings is 1. The van der Waals surface area contributed by atoms with Gasteiger partial charge in [0.2, 0.25) is 10.0 Å². The lowest BCUT2D eigenvalue weighted by molar-refractivity contribution is 0.132. The molecule has 2 aromatic rings. The maximum absolute atomic E-state index is 15.4. The molecule has 1 aliphatic carbocycles. The van der Waals surface area contributed by atoms with Crippen LogP contribution in [0.1, 0.15) is 69.5 Å². The predicted molar refractivity (Wildman–Crippen MR) is 143 cm³/mol. The van der Waals surface area contributed by atoms with Gasteiger partial charge in [0.1, 0.15) is 18.5 Å². The summed E-state index contributed by atoms with van der Waals surface area (Å²) in [6, 6.07) is 5.11. The van der Waals surface area contributed by atoms with Gasteiger partial charge < -0.3 is 9.67 Å². The smallest absolute Gasteiger partial charge is 0.221 e. The van der Waals surface area contributed by atoms with Gasteiger partial charge in [-0.05, 0) is 64.0 Å². The van der Waals surface area contributed by atoms with E-state index in [0.717, 1.165) is 31.2 Å². The topological polar surface area (TPSA) is 88.3 Å². The molecule has 0 unspecified atom stereocenters. The molecule has 2 fully saturated rings. The highest BCUT2D eigenvalue weighted by Gasteiger charge is 2.40. The second-order valence-electron chi connectivity index (χ2n) is 10.2. The van der Waals surface area contributed by atoms with Crippen molar-refractivity contribution in [1.29, 1.82) is 0 Å². The Kier molecular flexibility index (Phi) is 8.77. The minimum absolute atomic E-state index is 0.00378. The molecule has 2 heterocycles. The molecule has 7 nitrogen and oxygen atoms in total. The fraction of sp³-hybridized carbons (Fsp3) is 0.500. The molecule has 1 aliphatic heterocycles. The maximum Gasteiger partial charge on any atom is 0.221 e. The minimum Gasteiger partial charge on any atom is -0.395 e. The highest BCUT2D eigenvalue weighted by Crippen LogP contribution is 2.43. The first-order chi connectivity index (χ1) is 17.8. The van der Waals surface area contributed by atoms with Crippen LogP contribution in [0.15, 0.2) is 67.3 Å². The number of aliphatic hydroxyl groups excluding tert-OH is 1. The Morgan fingerprint density at radius 3 is 2.43 bits per heavy atom. The Morgan fingerprint density at radius 1 is 1.08 bits per heavy atom. The van der Waals surface area contributed by atoms with E-state index in [1.54, 1.807) is 30.9 Å². The van der Waals surface area contributed by atoms with Gasteiger partial charge in [-0.1, -0.05) is 48.6 Å². The van der Waals surface area contributed by atoms with E-state index in [1.807, 2.05) is 48.8 Å². The van der Waals surface area contributed by atoms with E-state index in [0.29, 0.717) is 18.4 Å². The van der Waals surface area contributed by atoms with E-state index in [4.69, 9.17) is 0 Å². The maximum atomic E-state index is 15.4. The van der Waals surface area contributed by atoms with Gasteiger partial charge in [-0.15, -0.1) is 10.2 Å². The first kappa shape index (κ1) is 27.4. The second kappa shape index (κ2) is 11.8. The molecule has 1 N–H and O–H groups in total. The van der Waals surface area contributed by atoms with Crippen LogP contribution >= 0.6 is 0 Å². The molecular weight excluding hydrogens is 491 g/mol. The Balaban J connectivity index is 1.49. The summed E-state index contributed by atoms with van der Waals surface area (Å²) in [7, 11) is -3.62. The molecule has 200 valence electrons. The van der Waals surface area contributed by atoms with Crippen molar-refractivity contribution in [3.05, 3.63) is 84.3 Å². The number of rotatable bonds is 8. The van der Waals surface area contributed by atoms with Gasteiger partial charge in [0.15, 0.2) is 0 Å². The van der Waals surface area contributed by atoms with E-state index >= 15 is 4.39 Å². The lowest BCUT2D eigenvalue weighted by Crippen LogP contribution is -2.47. The van der Waals surface area contributed by atoms with E-state index in [1.165, 1.54) is 10.4 Å². The zero-order chi connectivity index (χ0) is 26.5. The molecule has 1 saturated heterocycles. The number of hydrogen-bond donors (Lipinski definition) is 1. The Labute approximate surface area is 219 Å². The van der Waals surface area contributed by atoms with Crippen LogP contribution in [-0.2, 0) is 22.0 Å². The standard InChI is InChI=1S/C28H37FN4O3S/c1-3-4-5-6-7-8-26-12-9-22(2)33(37(26,35)36)18-23-10-11-24(17-27(23)29)28(19-34)15-13-25(14-16-28)32-20-30-31-21-32/h3-8,10-11,17,20-22,25-26,34H,9,12-16,18-19H2,1-2H3/b4-3-,6-5-,8-7+/t22-,25-,26-,28-/m0/s1. The molecule has 1 saturated carbocycles. The number of nitrogens with zero attached hydrogens (tertiary/aromatic N) is 4. The van der Waals surface area contributed by atoms with Crippen molar-refractivity contribution in [2.45, 2.75) is 81.7 Å². The SMILES string of the molecule is C\C=C/C=C\C=C\[C@H]1CC[C@H](C)N(Cc2ccc([C@]3(CO)CC[C@@H](n4cnnc4)CC3)cc2F)S1(=O)=O. The molecule has 9 heteroatoms. The van der Waals surface area contributed by atoms with Gasteiger partial charge in [-0.25, -0.2) is 12.8 Å². The van der Waals surface area contributed by atoms with Crippen molar-refractivity contribution in [1.82, 2.24) is 19.1 Å². The summed E-state index contributed by atoms with van der Waals surface area (Å²) in [4.78, 5) is 0. The van der Waals surface area contributed by atoms with Gasteiger partial charge >= 0.3 is 0 Å². The van der Waals surface area contributed by atoms with Gasteiger partial charge in [0.25, 0.3) is 0 Å². The third-order valence-corrected chi connectivity index (χ3v) is 10.3. The predicted octanol–water partition coefficient (Wildman–Crippen LogP) is 4.83. The lowest BCUT2D eigenvalue weighted by Gasteiger charge is -2.40. The van der Waals surface area contributed by atoms with Gasteiger partial charge in [0, 0.05) is 29.6 Å². The van der Waals surface area contributed by atoms with Crippen LogP contribution in [0.3, 0.4) is 0 Å². The van der Waals surface area contributed by atoms with Crippen molar-refractivity contribution < 1.29 is 17.9 Å². The summed E-state index contributed by atoms with van der Waals surface area (Å²) in [5.41, 5.74) is 0.606. The zero-order valence-corrected chi connectivity index (χ0v) is 22.4. The van der Waals surface area contributed by atoms with Crippen molar-refractivity contribution >= 4 is 10.0 Å². The number of aliphatic hydroxyl groups is 1. The normalized spacial score (nSPS) is 29.0. The van der Waals surface area contributed by atoms with Crippen molar-refractivity contribution in [3.8, 4) is 0 Å². The molecular formula is C28H37FN4O3S. The first-order valence-electron chi connectivity index (χ1n) is 13.0. The molecule has 0 spiro atoms. The molecule has 2 aliphatic rings. The van der Waals surface area contributed by atoms with Crippen LogP contribution in [0.5, 0.6) is 0 Å². The van der Waals surface area contributed by atoms with Crippen molar-refractivity contribution in [2.75, 3.05) is 6.61 Å².